The maximum absolute atomic E-state index is 11.6. The summed E-state index contributed by atoms with van der Waals surface area (Å²) in [5.41, 5.74) is 0. The smallest absolute Gasteiger partial charge is 0.312 e. The Morgan fingerprint density at radius 2 is 1.80 bits per heavy atom. The van der Waals surface area contributed by atoms with Crippen molar-refractivity contribution in [3.8, 4) is 0 Å². The molecule has 0 aliphatic heterocycles. The van der Waals surface area contributed by atoms with Crippen molar-refractivity contribution in [2.45, 2.75) is 33.1 Å². The van der Waals surface area contributed by atoms with Gasteiger partial charge in [-0.15, -0.1) is 0 Å². The summed E-state index contributed by atoms with van der Waals surface area (Å²) in [5.74, 6) is 0.539. The van der Waals surface area contributed by atoms with Gasteiger partial charge in [0.1, 0.15) is 11.9 Å². The lowest BCUT2D eigenvalue weighted by molar-refractivity contribution is -0.117. The highest BCUT2D eigenvalue weighted by Crippen LogP contribution is 2.46. The summed E-state index contributed by atoms with van der Waals surface area (Å²) in [6.45, 7) is 4.22. The van der Waals surface area contributed by atoms with Crippen LogP contribution in [-0.4, -0.2) is 26.2 Å². The summed E-state index contributed by atoms with van der Waals surface area (Å²) in [4.78, 5) is 11.4. The summed E-state index contributed by atoms with van der Waals surface area (Å²) >= 11 is 0. The monoisotopic (exact) mass is 236 g/mol. The van der Waals surface area contributed by atoms with E-state index < -0.39 is 7.60 Å². The van der Waals surface area contributed by atoms with Crippen LogP contribution in [0.4, 0.5) is 0 Å². The second-order valence-electron chi connectivity index (χ2n) is 3.96. The van der Waals surface area contributed by atoms with Crippen LogP contribution in [-0.2, 0) is 18.4 Å². The van der Waals surface area contributed by atoms with E-state index in [1.54, 1.807) is 0 Å². The van der Waals surface area contributed by atoms with E-state index in [2.05, 4.69) is 13.8 Å². The zero-order valence-corrected chi connectivity index (χ0v) is 10.9. The Hall–Kier alpha value is -0.180. The SMILES string of the molecule is COP(=O)(CC(=O)CCCC(C)C)OC. The van der Waals surface area contributed by atoms with Gasteiger partial charge in [0, 0.05) is 20.6 Å². The van der Waals surface area contributed by atoms with E-state index in [1.165, 1.54) is 14.2 Å². The van der Waals surface area contributed by atoms with Gasteiger partial charge in [-0.1, -0.05) is 20.3 Å². The molecule has 4 nitrogen and oxygen atoms in total. The molecule has 0 heterocycles. The largest absolute Gasteiger partial charge is 0.337 e. The summed E-state index contributed by atoms with van der Waals surface area (Å²) < 4.78 is 21.0. The van der Waals surface area contributed by atoms with Gasteiger partial charge in [0.05, 0.1) is 0 Å². The number of rotatable bonds is 8. The van der Waals surface area contributed by atoms with Crippen LogP contribution in [0.3, 0.4) is 0 Å². The topological polar surface area (TPSA) is 52.6 Å². The first kappa shape index (κ1) is 14.8. The van der Waals surface area contributed by atoms with Gasteiger partial charge in [-0.2, -0.15) is 0 Å². The zero-order chi connectivity index (χ0) is 11.9. The lowest BCUT2D eigenvalue weighted by Crippen LogP contribution is -2.08. The Morgan fingerprint density at radius 3 is 2.20 bits per heavy atom. The lowest BCUT2D eigenvalue weighted by Gasteiger charge is -2.12. The fraction of sp³-hybridized carbons (Fsp3) is 0.900. The molecule has 0 N–H and O–H groups in total. The number of hydrogen-bond donors (Lipinski definition) is 0. The van der Waals surface area contributed by atoms with E-state index in [0.29, 0.717) is 12.3 Å². The Bertz CT molecular complexity index is 230. The fourth-order valence-corrected chi connectivity index (χ4v) is 2.20. The number of hydrogen-bond acceptors (Lipinski definition) is 4. The van der Waals surface area contributed by atoms with Gasteiger partial charge in [-0.05, 0) is 12.3 Å². The molecule has 0 saturated heterocycles. The Balaban J connectivity index is 3.88. The number of Topliss-reactive ketones (excluding diaryl/α,β-unsaturated/α-hetero) is 1. The quantitative estimate of drug-likeness (QED) is 0.608. The molecule has 5 heteroatoms. The van der Waals surface area contributed by atoms with E-state index in [9.17, 15) is 9.36 Å². The highest BCUT2D eigenvalue weighted by atomic mass is 31.2. The molecule has 15 heavy (non-hydrogen) atoms. The van der Waals surface area contributed by atoms with Crippen LogP contribution < -0.4 is 0 Å². The predicted molar refractivity (Wildman–Crippen MR) is 60.2 cm³/mol. The summed E-state index contributed by atoms with van der Waals surface area (Å²) in [6, 6.07) is 0. The minimum Gasteiger partial charge on any atom is -0.312 e. The third kappa shape index (κ3) is 6.82. The Morgan fingerprint density at radius 1 is 1.27 bits per heavy atom. The average Bonchev–Trinajstić information content (AvgIpc) is 2.17. The third-order valence-corrected chi connectivity index (χ3v) is 4.02. The first-order valence-electron chi connectivity index (χ1n) is 5.15. The normalized spacial score (nSPS) is 12.1. The molecular formula is C10H21O4P. The number of ketones is 1. The predicted octanol–water partition coefficient (Wildman–Crippen LogP) is 2.87. The van der Waals surface area contributed by atoms with Crippen molar-refractivity contribution in [3.05, 3.63) is 0 Å². The van der Waals surface area contributed by atoms with Crippen LogP contribution in [0, 0.1) is 5.92 Å². The molecule has 0 spiro atoms. The molecule has 0 aliphatic rings. The van der Waals surface area contributed by atoms with Crippen molar-refractivity contribution in [2.24, 2.45) is 5.92 Å². The molecule has 0 aromatic rings. The molecule has 0 aromatic heterocycles. The van der Waals surface area contributed by atoms with E-state index in [-0.39, 0.29) is 11.9 Å². The molecule has 0 saturated carbocycles. The molecule has 0 aromatic carbocycles. The number of carbonyl (C=O) groups excluding carboxylic acids is 1. The van der Waals surface area contributed by atoms with E-state index >= 15 is 0 Å². The first-order chi connectivity index (χ1) is 6.93. The van der Waals surface area contributed by atoms with Crippen molar-refractivity contribution < 1.29 is 18.4 Å². The minimum absolute atomic E-state index is 0.0531. The van der Waals surface area contributed by atoms with E-state index in [1.807, 2.05) is 0 Å². The van der Waals surface area contributed by atoms with Gasteiger partial charge in [0.15, 0.2) is 0 Å². The van der Waals surface area contributed by atoms with Crippen molar-refractivity contribution in [1.29, 1.82) is 0 Å². The molecule has 0 fully saturated rings. The highest BCUT2D eigenvalue weighted by Gasteiger charge is 2.24. The molecule has 90 valence electrons. The maximum Gasteiger partial charge on any atom is 0.337 e. The van der Waals surface area contributed by atoms with E-state index in [0.717, 1.165) is 12.8 Å². The average molecular weight is 236 g/mol. The Kier molecular flexibility index (Phi) is 7.07. The van der Waals surface area contributed by atoms with Crippen molar-refractivity contribution >= 4 is 13.4 Å². The van der Waals surface area contributed by atoms with Gasteiger partial charge in [0.25, 0.3) is 0 Å². The van der Waals surface area contributed by atoms with Crippen molar-refractivity contribution in [1.82, 2.24) is 0 Å². The summed E-state index contributed by atoms with van der Waals surface area (Å²) in [6.07, 6.45) is 2.19. The van der Waals surface area contributed by atoms with Crippen molar-refractivity contribution in [3.63, 3.8) is 0 Å². The molecule has 0 radical (unpaired) electrons. The standard InChI is InChI=1S/C10H21O4P/c1-9(2)6-5-7-10(11)8-15(12,13-3)14-4/h9H,5-8H2,1-4H3. The summed E-state index contributed by atoms with van der Waals surface area (Å²) in [7, 11) is -0.556. The molecule has 0 aliphatic carbocycles. The van der Waals surface area contributed by atoms with Crippen LogP contribution in [0.5, 0.6) is 0 Å². The third-order valence-electron chi connectivity index (χ3n) is 2.16. The van der Waals surface area contributed by atoms with Crippen LogP contribution in [0.15, 0.2) is 0 Å². The second kappa shape index (κ2) is 7.15. The Labute approximate surface area is 91.9 Å². The van der Waals surface area contributed by atoms with Gasteiger partial charge < -0.3 is 9.05 Å². The lowest BCUT2D eigenvalue weighted by atomic mass is 10.1. The van der Waals surface area contributed by atoms with Crippen LogP contribution in [0.2, 0.25) is 0 Å². The van der Waals surface area contributed by atoms with Crippen LogP contribution in [0.1, 0.15) is 33.1 Å². The molecule has 0 unspecified atom stereocenters. The van der Waals surface area contributed by atoms with Gasteiger partial charge in [-0.25, -0.2) is 0 Å². The van der Waals surface area contributed by atoms with Gasteiger partial charge in [-0.3, -0.25) is 9.36 Å². The maximum atomic E-state index is 11.6. The molecule has 0 bridgehead atoms. The van der Waals surface area contributed by atoms with Crippen LogP contribution in [0.25, 0.3) is 0 Å². The summed E-state index contributed by atoms with van der Waals surface area (Å²) in [5, 5.41) is 0. The van der Waals surface area contributed by atoms with Crippen LogP contribution >= 0.6 is 7.60 Å². The zero-order valence-electron chi connectivity index (χ0n) is 9.99. The first-order valence-corrected chi connectivity index (χ1v) is 6.88. The number of carbonyl (C=O) groups is 1. The minimum atomic E-state index is -3.15. The van der Waals surface area contributed by atoms with Crippen molar-refractivity contribution in [2.75, 3.05) is 20.4 Å². The van der Waals surface area contributed by atoms with Gasteiger partial charge in [0.2, 0.25) is 0 Å². The highest BCUT2D eigenvalue weighted by molar-refractivity contribution is 7.54. The molecule has 0 rings (SSSR count). The van der Waals surface area contributed by atoms with Gasteiger partial charge >= 0.3 is 7.60 Å². The molecule has 0 amide bonds. The fourth-order valence-electron chi connectivity index (χ4n) is 1.21. The van der Waals surface area contributed by atoms with E-state index in [4.69, 9.17) is 9.05 Å². The second-order valence-corrected chi connectivity index (χ2v) is 6.23. The molecular weight excluding hydrogens is 215 g/mol. The molecule has 0 atom stereocenters.